The second kappa shape index (κ2) is 18.2. The number of rotatable bonds is 16. The average molecular weight is 339 g/mol. The number of aliphatic carboxylic acids is 2. The number of hydrogen-bond acceptors (Lipinski definition) is 3. The molecule has 0 spiro atoms. The molecule has 0 bridgehead atoms. The van der Waals surface area contributed by atoms with Crippen LogP contribution in [0.4, 0.5) is 0 Å². The van der Waals surface area contributed by atoms with Gasteiger partial charge in [-0.15, -0.1) is 0 Å². The molecule has 3 N–H and O–H groups in total. The first kappa shape index (κ1) is 25.1. The monoisotopic (exact) mass is 339 g/mol. The molecule has 132 valence electrons. The van der Waals surface area contributed by atoms with Crippen LogP contribution in [0.1, 0.15) is 84.0 Å². The number of carboxylic acid groups (broad SMARTS) is 2. The van der Waals surface area contributed by atoms with Crippen molar-refractivity contribution in [3.63, 3.8) is 0 Å². The van der Waals surface area contributed by atoms with E-state index in [4.69, 9.17) is 10.2 Å². The molecule has 0 aliphatic rings. The Morgan fingerprint density at radius 1 is 0.870 bits per heavy atom. The van der Waals surface area contributed by atoms with Crippen LogP contribution in [0.25, 0.3) is 0 Å². The molecule has 0 aliphatic heterocycles. The van der Waals surface area contributed by atoms with E-state index in [1.54, 1.807) is 0 Å². The number of unbranched alkanes of at least 4 members (excludes halogenated alkanes) is 9. The maximum absolute atomic E-state index is 11.0. The summed E-state index contributed by atoms with van der Waals surface area (Å²) in [6.07, 6.45) is 12.5. The van der Waals surface area contributed by atoms with Crippen molar-refractivity contribution in [1.82, 2.24) is 5.32 Å². The Hall–Kier alpha value is -0.100. The van der Waals surface area contributed by atoms with E-state index in [9.17, 15) is 9.59 Å². The van der Waals surface area contributed by atoms with Crippen LogP contribution in [0.3, 0.4) is 0 Å². The van der Waals surface area contributed by atoms with Gasteiger partial charge in [-0.2, -0.15) is 0 Å². The SMILES string of the molecule is CCCCCCCCCCCCN[C@@H](CCC(=O)O)C(=O)O.[NaH]. The third-order valence-electron chi connectivity index (χ3n) is 3.87. The molecule has 0 aromatic carbocycles. The van der Waals surface area contributed by atoms with E-state index in [1.165, 1.54) is 51.4 Å². The van der Waals surface area contributed by atoms with Crippen molar-refractivity contribution in [3.05, 3.63) is 0 Å². The second-order valence-corrected chi connectivity index (χ2v) is 5.96. The van der Waals surface area contributed by atoms with Gasteiger partial charge in [-0.25, -0.2) is 0 Å². The van der Waals surface area contributed by atoms with Crippen LogP contribution in [0.5, 0.6) is 0 Å². The van der Waals surface area contributed by atoms with Crippen LogP contribution in [0.15, 0.2) is 0 Å². The average Bonchev–Trinajstić information content (AvgIpc) is 2.47. The molecule has 23 heavy (non-hydrogen) atoms. The predicted octanol–water partition coefficient (Wildman–Crippen LogP) is 3.17. The summed E-state index contributed by atoms with van der Waals surface area (Å²) in [6, 6.07) is -0.741. The number of nitrogens with one attached hydrogen (secondary N) is 1. The molecule has 0 aliphatic carbocycles. The normalized spacial score (nSPS) is 11.7. The van der Waals surface area contributed by atoms with Crippen molar-refractivity contribution in [1.29, 1.82) is 0 Å². The Labute approximate surface area is 162 Å². The van der Waals surface area contributed by atoms with Crippen molar-refractivity contribution in [2.75, 3.05) is 6.54 Å². The molecular formula is C17H34NNaO4. The van der Waals surface area contributed by atoms with Crippen molar-refractivity contribution in [3.8, 4) is 0 Å². The van der Waals surface area contributed by atoms with Gasteiger partial charge in [-0.05, 0) is 19.4 Å². The van der Waals surface area contributed by atoms with Crippen molar-refractivity contribution in [2.24, 2.45) is 0 Å². The first-order valence-corrected chi connectivity index (χ1v) is 8.76. The summed E-state index contributed by atoms with van der Waals surface area (Å²) in [5.74, 6) is -1.92. The fourth-order valence-electron chi connectivity index (χ4n) is 2.47. The molecule has 0 aromatic heterocycles. The minimum absolute atomic E-state index is 0. The van der Waals surface area contributed by atoms with E-state index in [0.717, 1.165) is 12.8 Å². The van der Waals surface area contributed by atoms with Crippen molar-refractivity contribution >= 4 is 41.5 Å². The molecule has 6 heteroatoms. The molecule has 5 nitrogen and oxygen atoms in total. The van der Waals surface area contributed by atoms with Crippen LogP contribution in [0, 0.1) is 0 Å². The number of hydrogen-bond donors (Lipinski definition) is 3. The molecule has 0 saturated heterocycles. The second-order valence-electron chi connectivity index (χ2n) is 5.96. The quantitative estimate of drug-likeness (QED) is 0.297. The Morgan fingerprint density at radius 3 is 1.78 bits per heavy atom. The van der Waals surface area contributed by atoms with Gasteiger partial charge in [0, 0.05) is 6.42 Å². The molecule has 0 saturated carbocycles. The topological polar surface area (TPSA) is 86.6 Å². The molecule has 0 heterocycles. The molecular weight excluding hydrogens is 305 g/mol. The molecule has 0 radical (unpaired) electrons. The summed E-state index contributed by atoms with van der Waals surface area (Å²) < 4.78 is 0. The summed E-state index contributed by atoms with van der Waals surface area (Å²) in [7, 11) is 0. The summed E-state index contributed by atoms with van der Waals surface area (Å²) in [4.78, 5) is 21.4. The summed E-state index contributed by atoms with van der Waals surface area (Å²) in [5, 5.41) is 20.5. The van der Waals surface area contributed by atoms with Gasteiger partial charge in [0.05, 0.1) is 0 Å². The zero-order valence-electron chi connectivity index (χ0n) is 14.0. The van der Waals surface area contributed by atoms with E-state index in [0.29, 0.717) is 6.54 Å². The molecule has 0 unspecified atom stereocenters. The standard InChI is InChI=1S/C17H33NO4.Na.H/c1-2-3-4-5-6-7-8-9-10-11-14-18-15(17(21)22)12-13-16(19)20;;/h15,18H,2-14H2,1H3,(H,19,20)(H,21,22);;/t15-;;/m0../s1. The maximum atomic E-state index is 11.0. The molecule has 0 fully saturated rings. The Balaban J connectivity index is 0. The van der Waals surface area contributed by atoms with E-state index in [2.05, 4.69) is 12.2 Å². The van der Waals surface area contributed by atoms with Gasteiger partial charge in [0.2, 0.25) is 0 Å². The molecule has 1 atom stereocenters. The first-order chi connectivity index (χ1) is 10.6. The summed E-state index contributed by atoms with van der Waals surface area (Å²) in [5.41, 5.74) is 0. The fraction of sp³-hybridized carbons (Fsp3) is 0.882. The van der Waals surface area contributed by atoms with Gasteiger partial charge in [-0.3, -0.25) is 9.59 Å². The van der Waals surface area contributed by atoms with E-state index in [-0.39, 0.29) is 42.4 Å². The van der Waals surface area contributed by atoms with Crippen LogP contribution in [0.2, 0.25) is 0 Å². The van der Waals surface area contributed by atoms with Crippen molar-refractivity contribution in [2.45, 2.75) is 90.0 Å². The van der Waals surface area contributed by atoms with Gasteiger partial charge in [0.15, 0.2) is 0 Å². The van der Waals surface area contributed by atoms with E-state index < -0.39 is 18.0 Å². The minimum atomic E-state index is -0.965. The van der Waals surface area contributed by atoms with Gasteiger partial charge < -0.3 is 15.5 Å². The molecule has 0 aromatic rings. The van der Waals surface area contributed by atoms with E-state index >= 15 is 0 Å². The molecule has 0 amide bonds. The summed E-state index contributed by atoms with van der Waals surface area (Å²) in [6.45, 7) is 2.87. The Kier molecular flexibility index (Phi) is 19.9. The van der Waals surface area contributed by atoms with Crippen LogP contribution < -0.4 is 5.32 Å². The fourth-order valence-corrected chi connectivity index (χ4v) is 2.47. The van der Waals surface area contributed by atoms with Crippen molar-refractivity contribution < 1.29 is 19.8 Å². The zero-order chi connectivity index (χ0) is 16.6. The van der Waals surface area contributed by atoms with Gasteiger partial charge in [-0.1, -0.05) is 64.7 Å². The Morgan fingerprint density at radius 2 is 1.35 bits per heavy atom. The van der Waals surface area contributed by atoms with Crippen LogP contribution >= 0.6 is 0 Å². The Bertz CT molecular complexity index is 300. The zero-order valence-corrected chi connectivity index (χ0v) is 14.0. The van der Waals surface area contributed by atoms with Gasteiger partial charge in [0.25, 0.3) is 0 Å². The predicted molar refractivity (Wildman–Crippen MR) is 95.3 cm³/mol. The van der Waals surface area contributed by atoms with Crippen LogP contribution in [-0.4, -0.2) is 64.3 Å². The third kappa shape index (κ3) is 18.1. The number of carbonyl (C=O) groups is 2. The molecule has 0 rings (SSSR count). The third-order valence-corrected chi connectivity index (χ3v) is 3.87. The number of carboxylic acids is 2. The van der Waals surface area contributed by atoms with Crippen LogP contribution in [-0.2, 0) is 9.59 Å². The van der Waals surface area contributed by atoms with Gasteiger partial charge >= 0.3 is 41.5 Å². The first-order valence-electron chi connectivity index (χ1n) is 8.76. The van der Waals surface area contributed by atoms with Gasteiger partial charge in [0.1, 0.15) is 6.04 Å². The summed E-state index contributed by atoms with van der Waals surface area (Å²) >= 11 is 0. The van der Waals surface area contributed by atoms with E-state index in [1.807, 2.05) is 0 Å².